The highest BCUT2D eigenvalue weighted by Crippen LogP contribution is 2.22. The molecule has 31 heavy (non-hydrogen) atoms. The quantitative estimate of drug-likeness (QED) is 0.478. The Morgan fingerprint density at radius 2 is 1.87 bits per heavy atom. The number of thiophene rings is 1. The first-order valence-electron chi connectivity index (χ1n) is 9.08. The lowest BCUT2D eigenvalue weighted by Crippen LogP contribution is -2.43. The highest BCUT2D eigenvalue weighted by molar-refractivity contribution is 7.12. The number of carbonyl (C=O) groups is 3. The van der Waals surface area contributed by atoms with E-state index in [2.05, 4.69) is 15.6 Å². The van der Waals surface area contributed by atoms with Gasteiger partial charge in [0.2, 0.25) is 0 Å². The fourth-order valence-electron chi connectivity index (χ4n) is 2.59. The molecular weight excluding hydrogens is 461 g/mol. The van der Waals surface area contributed by atoms with Crippen LogP contribution in [0.25, 0.3) is 0 Å². The first kappa shape index (κ1) is 22.7. The Morgan fingerprint density at radius 1 is 1.10 bits per heavy atom. The Bertz CT molecular complexity index is 1060. The molecule has 0 saturated carbocycles. The Hall–Kier alpha value is -2.94. The van der Waals surface area contributed by atoms with Crippen LogP contribution in [0.2, 0.25) is 10.0 Å². The zero-order valence-electron chi connectivity index (χ0n) is 16.0. The summed E-state index contributed by atoms with van der Waals surface area (Å²) in [5.74, 6) is -1.67. The molecule has 160 valence electrons. The lowest BCUT2D eigenvalue weighted by molar-refractivity contribution is -0.149. The van der Waals surface area contributed by atoms with Crippen molar-refractivity contribution in [2.45, 2.75) is 12.5 Å². The predicted molar refractivity (Wildman–Crippen MR) is 120 cm³/mol. The number of carbonyl (C=O) groups excluding carboxylic acids is 3. The van der Waals surface area contributed by atoms with Crippen molar-refractivity contribution in [3.63, 3.8) is 0 Å². The van der Waals surface area contributed by atoms with Gasteiger partial charge in [-0.05, 0) is 23.1 Å². The molecule has 2 heterocycles. The monoisotopic (exact) mass is 477 g/mol. The van der Waals surface area contributed by atoms with Gasteiger partial charge in [-0.25, -0.2) is 9.78 Å². The summed E-state index contributed by atoms with van der Waals surface area (Å²) in [6, 6.07) is 13.0. The van der Waals surface area contributed by atoms with E-state index in [4.69, 9.17) is 27.9 Å². The minimum absolute atomic E-state index is 0.0962. The van der Waals surface area contributed by atoms with Crippen LogP contribution in [0.3, 0.4) is 0 Å². The fourth-order valence-corrected chi connectivity index (χ4v) is 3.65. The van der Waals surface area contributed by atoms with Crippen LogP contribution in [-0.4, -0.2) is 35.4 Å². The smallest absolute Gasteiger partial charge is 0.329 e. The van der Waals surface area contributed by atoms with Crippen molar-refractivity contribution in [2.24, 2.45) is 0 Å². The van der Waals surface area contributed by atoms with Crippen molar-refractivity contribution in [1.82, 2.24) is 10.3 Å². The van der Waals surface area contributed by atoms with E-state index < -0.39 is 30.4 Å². The number of amides is 2. The number of hydrogen-bond acceptors (Lipinski definition) is 6. The highest BCUT2D eigenvalue weighted by Gasteiger charge is 2.24. The maximum absolute atomic E-state index is 12.6. The van der Waals surface area contributed by atoms with E-state index in [-0.39, 0.29) is 17.3 Å². The zero-order chi connectivity index (χ0) is 22.2. The van der Waals surface area contributed by atoms with Gasteiger partial charge in [0, 0.05) is 12.6 Å². The molecule has 1 aromatic carbocycles. The van der Waals surface area contributed by atoms with Crippen molar-refractivity contribution < 1.29 is 19.1 Å². The molecule has 2 amide bonds. The average molecular weight is 478 g/mol. The first-order valence-corrected chi connectivity index (χ1v) is 10.7. The molecule has 0 saturated heterocycles. The number of nitrogens with one attached hydrogen (secondary N) is 2. The van der Waals surface area contributed by atoms with Gasteiger partial charge in [-0.3, -0.25) is 9.59 Å². The molecule has 0 radical (unpaired) electrons. The molecule has 0 aliphatic heterocycles. The molecule has 7 nitrogen and oxygen atoms in total. The van der Waals surface area contributed by atoms with Gasteiger partial charge in [0.05, 0.1) is 14.9 Å². The number of aromatic nitrogens is 1. The number of nitrogens with zero attached hydrogens (tertiary/aromatic N) is 1. The van der Waals surface area contributed by atoms with Crippen molar-refractivity contribution in [3.05, 3.63) is 80.6 Å². The molecule has 0 aliphatic rings. The average Bonchev–Trinajstić information content (AvgIpc) is 3.29. The molecule has 3 aromatic rings. The Labute approximate surface area is 192 Å². The normalized spacial score (nSPS) is 11.4. The SMILES string of the molecule is O=C(COC(=O)C(Cc1ccccc1)NC(=O)c1cccs1)Nc1ncc(Cl)cc1Cl. The first-order chi connectivity index (χ1) is 14.9. The highest BCUT2D eigenvalue weighted by atomic mass is 35.5. The van der Waals surface area contributed by atoms with Crippen LogP contribution < -0.4 is 10.6 Å². The molecular formula is C21H17Cl2N3O4S. The minimum atomic E-state index is -0.970. The molecule has 1 atom stereocenters. The number of hydrogen-bond donors (Lipinski definition) is 2. The second-order valence-electron chi connectivity index (χ2n) is 6.33. The van der Waals surface area contributed by atoms with E-state index in [0.717, 1.165) is 5.56 Å². The maximum Gasteiger partial charge on any atom is 0.329 e. The number of halogens is 2. The Morgan fingerprint density at radius 3 is 2.55 bits per heavy atom. The van der Waals surface area contributed by atoms with Gasteiger partial charge < -0.3 is 15.4 Å². The molecule has 10 heteroatoms. The largest absolute Gasteiger partial charge is 0.454 e. The summed E-state index contributed by atoms with van der Waals surface area (Å²) in [6.07, 6.45) is 1.54. The van der Waals surface area contributed by atoms with Gasteiger partial charge in [0.25, 0.3) is 11.8 Å². The summed E-state index contributed by atoms with van der Waals surface area (Å²) in [5, 5.41) is 7.35. The Balaban J connectivity index is 1.62. The molecule has 2 aromatic heterocycles. The molecule has 3 rings (SSSR count). The second kappa shape index (κ2) is 10.9. The molecule has 0 aliphatic carbocycles. The molecule has 0 fully saturated rings. The van der Waals surface area contributed by atoms with Crippen molar-refractivity contribution in [2.75, 3.05) is 11.9 Å². The molecule has 2 N–H and O–H groups in total. The van der Waals surface area contributed by atoms with Crippen molar-refractivity contribution in [1.29, 1.82) is 0 Å². The van der Waals surface area contributed by atoms with E-state index >= 15 is 0 Å². The van der Waals surface area contributed by atoms with E-state index in [9.17, 15) is 14.4 Å². The van der Waals surface area contributed by atoms with E-state index in [1.54, 1.807) is 17.5 Å². The summed E-state index contributed by atoms with van der Waals surface area (Å²) in [6.45, 7) is -0.570. The fraction of sp³-hybridized carbons (Fsp3) is 0.143. The van der Waals surface area contributed by atoms with Crippen LogP contribution in [0, 0.1) is 0 Å². The molecule has 1 unspecified atom stereocenters. The van der Waals surface area contributed by atoms with Crippen molar-refractivity contribution >= 4 is 58.1 Å². The van der Waals surface area contributed by atoms with Gasteiger partial charge in [-0.15, -0.1) is 11.3 Å². The van der Waals surface area contributed by atoms with Gasteiger partial charge in [-0.2, -0.15) is 0 Å². The zero-order valence-corrected chi connectivity index (χ0v) is 18.3. The van der Waals surface area contributed by atoms with Crippen LogP contribution in [0.4, 0.5) is 5.82 Å². The van der Waals surface area contributed by atoms with Crippen LogP contribution >= 0.6 is 34.5 Å². The summed E-state index contributed by atoms with van der Waals surface area (Å²) in [7, 11) is 0. The number of esters is 1. The Kier molecular flexibility index (Phi) is 8.00. The van der Waals surface area contributed by atoms with Gasteiger partial charge in [0.1, 0.15) is 6.04 Å². The summed E-state index contributed by atoms with van der Waals surface area (Å²) < 4.78 is 5.13. The number of pyridine rings is 1. The van der Waals surface area contributed by atoms with Gasteiger partial charge in [-0.1, -0.05) is 59.6 Å². The minimum Gasteiger partial charge on any atom is -0.454 e. The van der Waals surface area contributed by atoms with Crippen LogP contribution in [0.15, 0.2) is 60.1 Å². The number of anilines is 1. The second-order valence-corrected chi connectivity index (χ2v) is 8.12. The van der Waals surface area contributed by atoms with Crippen LogP contribution in [0.5, 0.6) is 0 Å². The lowest BCUT2D eigenvalue weighted by atomic mass is 10.1. The number of benzene rings is 1. The predicted octanol–water partition coefficient (Wildman–Crippen LogP) is 3.97. The van der Waals surface area contributed by atoms with Gasteiger partial charge in [0.15, 0.2) is 12.4 Å². The van der Waals surface area contributed by atoms with E-state index in [0.29, 0.717) is 9.90 Å². The van der Waals surface area contributed by atoms with Crippen LogP contribution in [-0.2, 0) is 20.7 Å². The van der Waals surface area contributed by atoms with E-state index in [1.165, 1.54) is 23.6 Å². The molecule has 0 bridgehead atoms. The van der Waals surface area contributed by atoms with Crippen LogP contribution in [0.1, 0.15) is 15.2 Å². The standard InChI is InChI=1S/C21H17Cl2N3O4S/c22-14-10-15(23)19(24-11-14)26-18(27)12-30-21(29)16(9-13-5-2-1-3-6-13)25-20(28)17-7-4-8-31-17/h1-8,10-11,16H,9,12H2,(H,25,28)(H,24,26,27). The summed E-state index contributed by atoms with van der Waals surface area (Å²) in [4.78, 5) is 41.6. The third-order valence-corrected chi connectivity index (χ3v) is 5.39. The number of rotatable bonds is 8. The molecule has 0 spiro atoms. The maximum atomic E-state index is 12.6. The van der Waals surface area contributed by atoms with Crippen molar-refractivity contribution in [3.8, 4) is 0 Å². The summed E-state index contributed by atoms with van der Waals surface area (Å²) in [5.41, 5.74) is 0.831. The topological polar surface area (TPSA) is 97.4 Å². The van der Waals surface area contributed by atoms with Gasteiger partial charge >= 0.3 is 5.97 Å². The third kappa shape index (κ3) is 6.78. The third-order valence-electron chi connectivity index (χ3n) is 4.03. The lowest BCUT2D eigenvalue weighted by Gasteiger charge is -2.17. The summed E-state index contributed by atoms with van der Waals surface area (Å²) >= 11 is 13.0. The van der Waals surface area contributed by atoms with E-state index in [1.807, 2.05) is 30.3 Å². The number of ether oxygens (including phenoxy) is 1.